The number of nitrogens with zero attached hydrogens (tertiary/aromatic N) is 1. The Balaban J connectivity index is 2.19. The van der Waals surface area contributed by atoms with Crippen molar-refractivity contribution in [2.75, 3.05) is 11.6 Å². The summed E-state index contributed by atoms with van der Waals surface area (Å²) in [5.41, 5.74) is 4.55. The predicted molar refractivity (Wildman–Crippen MR) is 57.0 cm³/mol. The third-order valence-electron chi connectivity index (χ3n) is 2.55. The molecule has 1 unspecified atom stereocenters. The maximum atomic E-state index is 11.3. The lowest BCUT2D eigenvalue weighted by Crippen LogP contribution is -2.32. The summed E-state index contributed by atoms with van der Waals surface area (Å²) in [6.07, 6.45) is 0. The fourth-order valence-corrected chi connectivity index (χ4v) is 1.64. The van der Waals surface area contributed by atoms with Crippen molar-refractivity contribution >= 4 is 11.6 Å². The Kier molecular flexibility index (Phi) is 2.60. The summed E-state index contributed by atoms with van der Waals surface area (Å²) in [4.78, 5) is 11.3. The van der Waals surface area contributed by atoms with Crippen LogP contribution in [0, 0.1) is 5.92 Å². The smallest absolute Gasteiger partial charge is 0.243 e. The van der Waals surface area contributed by atoms with Crippen LogP contribution in [-0.2, 0) is 11.4 Å². The molecule has 80 valence electrons. The van der Waals surface area contributed by atoms with E-state index in [1.54, 1.807) is 0 Å². The van der Waals surface area contributed by atoms with Crippen molar-refractivity contribution in [2.45, 2.75) is 13.5 Å². The first-order valence-corrected chi connectivity index (χ1v) is 4.98. The molecule has 0 aliphatic carbocycles. The number of amides is 1. The summed E-state index contributed by atoms with van der Waals surface area (Å²) in [6.45, 7) is 2.59. The number of anilines is 1. The van der Waals surface area contributed by atoms with Gasteiger partial charge in [-0.25, -0.2) is 0 Å². The minimum Gasteiger partial charge on any atom is -0.392 e. The average molecular weight is 206 g/mol. The highest BCUT2D eigenvalue weighted by Crippen LogP contribution is 2.19. The second kappa shape index (κ2) is 3.90. The second-order valence-corrected chi connectivity index (χ2v) is 3.82. The van der Waals surface area contributed by atoms with Gasteiger partial charge in [0.2, 0.25) is 5.91 Å². The molecule has 1 aromatic carbocycles. The molecule has 15 heavy (non-hydrogen) atoms. The minimum atomic E-state index is 0.0165. The highest BCUT2D eigenvalue weighted by molar-refractivity contribution is 5.83. The Morgan fingerprint density at radius 2 is 2.40 bits per heavy atom. The summed E-state index contributed by atoms with van der Waals surface area (Å²) in [6, 6.07) is 7.51. The molecule has 1 aromatic rings. The van der Waals surface area contributed by atoms with Gasteiger partial charge in [-0.2, -0.15) is 0 Å². The summed E-state index contributed by atoms with van der Waals surface area (Å²) in [5.74, 6) is 0.0622. The van der Waals surface area contributed by atoms with E-state index in [1.165, 1.54) is 0 Å². The highest BCUT2D eigenvalue weighted by atomic mass is 16.3. The molecule has 2 rings (SSSR count). The zero-order chi connectivity index (χ0) is 10.8. The number of hydrazine groups is 1. The van der Waals surface area contributed by atoms with Crippen LogP contribution >= 0.6 is 0 Å². The van der Waals surface area contributed by atoms with Crippen LogP contribution in [0.25, 0.3) is 0 Å². The monoisotopic (exact) mass is 206 g/mol. The fraction of sp³-hybridized carbons (Fsp3) is 0.364. The number of aliphatic hydroxyl groups excluding tert-OH is 1. The van der Waals surface area contributed by atoms with E-state index in [-0.39, 0.29) is 18.4 Å². The molecule has 0 spiro atoms. The van der Waals surface area contributed by atoms with E-state index in [4.69, 9.17) is 5.11 Å². The Labute approximate surface area is 88.5 Å². The van der Waals surface area contributed by atoms with Crippen LogP contribution in [-0.4, -0.2) is 17.6 Å². The van der Waals surface area contributed by atoms with Gasteiger partial charge in [-0.05, 0) is 17.7 Å². The van der Waals surface area contributed by atoms with Crippen molar-refractivity contribution in [1.29, 1.82) is 0 Å². The van der Waals surface area contributed by atoms with Gasteiger partial charge in [0.05, 0.1) is 24.8 Å². The van der Waals surface area contributed by atoms with Gasteiger partial charge in [0.25, 0.3) is 0 Å². The van der Waals surface area contributed by atoms with E-state index >= 15 is 0 Å². The molecular weight excluding hydrogens is 192 g/mol. The van der Waals surface area contributed by atoms with E-state index in [0.29, 0.717) is 6.54 Å². The molecule has 1 aliphatic heterocycles. The van der Waals surface area contributed by atoms with Crippen LogP contribution in [0.5, 0.6) is 0 Å². The van der Waals surface area contributed by atoms with Gasteiger partial charge in [0.1, 0.15) is 0 Å². The average Bonchev–Trinajstić information content (AvgIpc) is 2.59. The molecule has 1 amide bonds. The van der Waals surface area contributed by atoms with Gasteiger partial charge in [0, 0.05) is 0 Å². The molecule has 0 bridgehead atoms. The number of carbonyl (C=O) groups is 1. The Morgan fingerprint density at radius 1 is 1.60 bits per heavy atom. The molecule has 1 saturated heterocycles. The zero-order valence-electron chi connectivity index (χ0n) is 8.60. The molecule has 1 atom stereocenters. The zero-order valence-corrected chi connectivity index (χ0v) is 8.60. The first kappa shape index (κ1) is 9.98. The van der Waals surface area contributed by atoms with Gasteiger partial charge in [0.15, 0.2) is 0 Å². The van der Waals surface area contributed by atoms with E-state index in [9.17, 15) is 4.79 Å². The van der Waals surface area contributed by atoms with Crippen LogP contribution in [0.3, 0.4) is 0 Å². The molecule has 4 nitrogen and oxygen atoms in total. The van der Waals surface area contributed by atoms with Crippen LogP contribution in [0.1, 0.15) is 12.5 Å². The predicted octanol–water partition coefficient (Wildman–Crippen LogP) is 0.666. The molecule has 0 aromatic heterocycles. The normalized spacial score (nSPS) is 20.5. The number of hydrogen-bond donors (Lipinski definition) is 2. The summed E-state index contributed by atoms with van der Waals surface area (Å²) < 4.78 is 0. The lowest BCUT2D eigenvalue weighted by Gasteiger charge is -2.17. The van der Waals surface area contributed by atoms with Crippen molar-refractivity contribution in [3.8, 4) is 0 Å². The summed E-state index contributed by atoms with van der Waals surface area (Å²) in [7, 11) is 0. The van der Waals surface area contributed by atoms with Crippen molar-refractivity contribution in [3.05, 3.63) is 29.8 Å². The number of hydrogen-bond acceptors (Lipinski definition) is 3. The number of carbonyl (C=O) groups excluding carboxylic acids is 1. The number of benzene rings is 1. The maximum Gasteiger partial charge on any atom is 0.243 e. The molecule has 4 heteroatoms. The fourth-order valence-electron chi connectivity index (χ4n) is 1.64. The molecule has 1 heterocycles. The Hall–Kier alpha value is -1.55. The topological polar surface area (TPSA) is 52.6 Å². The van der Waals surface area contributed by atoms with E-state index in [2.05, 4.69) is 5.43 Å². The second-order valence-electron chi connectivity index (χ2n) is 3.82. The van der Waals surface area contributed by atoms with Crippen molar-refractivity contribution < 1.29 is 9.90 Å². The number of nitrogens with one attached hydrogen (secondary N) is 1. The van der Waals surface area contributed by atoms with E-state index < -0.39 is 0 Å². The maximum absolute atomic E-state index is 11.3. The lowest BCUT2D eigenvalue weighted by atomic mass is 10.2. The lowest BCUT2D eigenvalue weighted by molar-refractivity contribution is -0.121. The molecule has 1 fully saturated rings. The van der Waals surface area contributed by atoms with Gasteiger partial charge in [-0.15, -0.1) is 0 Å². The van der Waals surface area contributed by atoms with Crippen molar-refractivity contribution in [3.63, 3.8) is 0 Å². The van der Waals surface area contributed by atoms with Gasteiger partial charge < -0.3 is 5.11 Å². The van der Waals surface area contributed by atoms with Crippen LogP contribution in [0.15, 0.2) is 24.3 Å². The van der Waals surface area contributed by atoms with Crippen molar-refractivity contribution in [2.24, 2.45) is 5.92 Å². The third kappa shape index (κ3) is 1.94. The molecule has 2 N–H and O–H groups in total. The summed E-state index contributed by atoms with van der Waals surface area (Å²) in [5, 5.41) is 10.8. The quantitative estimate of drug-likeness (QED) is 0.747. The van der Waals surface area contributed by atoms with Crippen LogP contribution in [0.2, 0.25) is 0 Å². The first-order chi connectivity index (χ1) is 7.20. The van der Waals surface area contributed by atoms with E-state index in [0.717, 1.165) is 11.3 Å². The van der Waals surface area contributed by atoms with Gasteiger partial charge in [-0.1, -0.05) is 19.1 Å². The summed E-state index contributed by atoms with van der Waals surface area (Å²) >= 11 is 0. The van der Waals surface area contributed by atoms with Crippen LogP contribution < -0.4 is 10.4 Å². The molecular formula is C11H14N2O2. The molecule has 1 aliphatic rings. The third-order valence-corrected chi connectivity index (χ3v) is 2.55. The largest absolute Gasteiger partial charge is 0.392 e. The number of rotatable bonds is 2. The standard InChI is InChI=1S/C11H14N2O2/c1-8-6-13(12-11(8)15)10-4-2-3-9(5-10)7-14/h2-5,8,14H,6-7H2,1H3,(H,12,15). The molecule has 0 saturated carbocycles. The SMILES string of the molecule is CC1CN(c2cccc(CO)c2)NC1=O. The Morgan fingerprint density at radius 3 is 3.00 bits per heavy atom. The van der Waals surface area contributed by atoms with E-state index in [1.807, 2.05) is 36.2 Å². The van der Waals surface area contributed by atoms with Gasteiger partial charge >= 0.3 is 0 Å². The van der Waals surface area contributed by atoms with Gasteiger partial charge in [-0.3, -0.25) is 15.2 Å². The van der Waals surface area contributed by atoms with Crippen LogP contribution in [0.4, 0.5) is 5.69 Å². The van der Waals surface area contributed by atoms with Crippen molar-refractivity contribution in [1.82, 2.24) is 5.43 Å². The minimum absolute atomic E-state index is 0.0165. The first-order valence-electron chi connectivity index (χ1n) is 4.98. The molecule has 0 radical (unpaired) electrons. The Bertz CT molecular complexity index is 379. The highest BCUT2D eigenvalue weighted by Gasteiger charge is 2.26. The number of aliphatic hydroxyl groups is 1.